The molecule has 0 aliphatic carbocycles. The third kappa shape index (κ3) is 2.65. The van der Waals surface area contributed by atoms with Crippen molar-refractivity contribution in [3.63, 3.8) is 0 Å². The van der Waals surface area contributed by atoms with Gasteiger partial charge in [-0.1, -0.05) is 41.9 Å². The van der Waals surface area contributed by atoms with Crippen LogP contribution in [-0.2, 0) is 6.54 Å². The second kappa shape index (κ2) is 5.01. The smallest absolute Gasteiger partial charge is 0.271 e. The fourth-order valence-electron chi connectivity index (χ4n) is 1.57. The average Bonchev–Trinajstić information content (AvgIpc) is 2.34. The molecule has 1 aromatic carbocycles. The first-order valence-electron chi connectivity index (χ1n) is 5.16. The molecule has 0 atom stereocenters. The highest BCUT2D eigenvalue weighted by molar-refractivity contribution is 6.32. The summed E-state index contributed by atoms with van der Waals surface area (Å²) in [6.45, 7) is 0.650. The van der Waals surface area contributed by atoms with Crippen LogP contribution in [0.5, 0.6) is 0 Å². The molecule has 1 aromatic heterocycles. The number of aromatic nitrogens is 2. The lowest BCUT2D eigenvalue weighted by Gasteiger charge is -2.18. The van der Waals surface area contributed by atoms with Crippen LogP contribution < -0.4 is 10.5 Å². The minimum Gasteiger partial charge on any atom is -0.354 e. The molecule has 0 bridgehead atoms. The van der Waals surface area contributed by atoms with Gasteiger partial charge >= 0.3 is 0 Å². The van der Waals surface area contributed by atoms with E-state index in [9.17, 15) is 4.79 Å². The van der Waals surface area contributed by atoms with Gasteiger partial charge in [-0.15, -0.1) is 0 Å². The molecular weight excluding hydrogens is 238 g/mol. The summed E-state index contributed by atoms with van der Waals surface area (Å²) in [7, 11) is 1.85. The number of halogens is 1. The SMILES string of the molecule is CN(Cc1ccccc1)c1nc[nH]c(=O)c1Cl. The Balaban J connectivity index is 2.23. The van der Waals surface area contributed by atoms with E-state index < -0.39 is 0 Å². The summed E-state index contributed by atoms with van der Waals surface area (Å²) >= 11 is 5.91. The third-order valence-corrected chi connectivity index (χ3v) is 2.74. The van der Waals surface area contributed by atoms with Gasteiger partial charge in [0, 0.05) is 13.6 Å². The van der Waals surface area contributed by atoms with Crippen LogP contribution in [0.2, 0.25) is 5.02 Å². The average molecular weight is 250 g/mol. The number of rotatable bonds is 3. The molecule has 1 heterocycles. The van der Waals surface area contributed by atoms with Crippen molar-refractivity contribution in [2.45, 2.75) is 6.54 Å². The quantitative estimate of drug-likeness (QED) is 0.906. The van der Waals surface area contributed by atoms with Gasteiger partial charge in [0.15, 0.2) is 5.82 Å². The largest absolute Gasteiger partial charge is 0.354 e. The lowest BCUT2D eigenvalue weighted by atomic mass is 10.2. The molecule has 2 aromatic rings. The fraction of sp³-hybridized carbons (Fsp3) is 0.167. The van der Waals surface area contributed by atoms with Gasteiger partial charge in [0.1, 0.15) is 5.02 Å². The number of hydrogen-bond donors (Lipinski definition) is 1. The lowest BCUT2D eigenvalue weighted by molar-refractivity contribution is 0.887. The monoisotopic (exact) mass is 249 g/mol. The van der Waals surface area contributed by atoms with E-state index in [1.54, 1.807) is 0 Å². The molecule has 0 radical (unpaired) electrons. The summed E-state index contributed by atoms with van der Waals surface area (Å²) in [6.07, 6.45) is 1.35. The Morgan fingerprint density at radius 1 is 1.35 bits per heavy atom. The second-order valence-corrected chi connectivity index (χ2v) is 4.09. The predicted molar refractivity (Wildman–Crippen MR) is 68.4 cm³/mol. The molecule has 5 heteroatoms. The van der Waals surface area contributed by atoms with Gasteiger partial charge in [-0.2, -0.15) is 0 Å². The maximum Gasteiger partial charge on any atom is 0.271 e. The summed E-state index contributed by atoms with van der Waals surface area (Å²) in [6, 6.07) is 9.92. The maximum absolute atomic E-state index is 11.3. The molecule has 0 saturated heterocycles. The molecule has 0 spiro atoms. The number of H-pyrrole nitrogens is 1. The summed E-state index contributed by atoms with van der Waals surface area (Å²) < 4.78 is 0. The summed E-state index contributed by atoms with van der Waals surface area (Å²) in [5.41, 5.74) is 0.810. The number of hydrogen-bond acceptors (Lipinski definition) is 3. The Hall–Kier alpha value is -1.81. The molecule has 17 heavy (non-hydrogen) atoms. The van der Waals surface area contributed by atoms with Crippen LogP contribution in [0.15, 0.2) is 41.5 Å². The van der Waals surface area contributed by atoms with E-state index in [4.69, 9.17) is 11.6 Å². The normalized spacial score (nSPS) is 10.2. The summed E-state index contributed by atoms with van der Waals surface area (Å²) in [5.74, 6) is 0.485. The third-order valence-electron chi connectivity index (χ3n) is 2.40. The minimum absolute atomic E-state index is 0.117. The Labute approximate surface area is 104 Å². The van der Waals surface area contributed by atoms with Crippen LogP contribution in [0.1, 0.15) is 5.56 Å². The zero-order chi connectivity index (χ0) is 12.3. The highest BCUT2D eigenvalue weighted by atomic mass is 35.5. The van der Waals surface area contributed by atoms with Crippen LogP contribution in [0.4, 0.5) is 5.82 Å². The van der Waals surface area contributed by atoms with Gasteiger partial charge in [-0.05, 0) is 5.56 Å². The van der Waals surface area contributed by atoms with Gasteiger partial charge in [-0.3, -0.25) is 4.79 Å². The number of anilines is 1. The second-order valence-electron chi connectivity index (χ2n) is 3.71. The van der Waals surface area contributed by atoms with Gasteiger partial charge in [-0.25, -0.2) is 4.98 Å². The summed E-state index contributed by atoms with van der Waals surface area (Å²) in [4.78, 5) is 19.7. The molecule has 2 rings (SSSR count). The molecule has 0 aliphatic heterocycles. The lowest BCUT2D eigenvalue weighted by Crippen LogP contribution is -2.21. The van der Waals surface area contributed by atoms with E-state index in [0.717, 1.165) is 5.56 Å². The maximum atomic E-state index is 11.3. The highest BCUT2D eigenvalue weighted by Gasteiger charge is 2.10. The minimum atomic E-state index is -0.323. The van der Waals surface area contributed by atoms with E-state index in [2.05, 4.69) is 9.97 Å². The van der Waals surface area contributed by atoms with Crippen LogP contribution in [0.3, 0.4) is 0 Å². The van der Waals surface area contributed by atoms with Crippen LogP contribution in [0.25, 0.3) is 0 Å². The van der Waals surface area contributed by atoms with E-state index >= 15 is 0 Å². The number of aromatic amines is 1. The fourth-order valence-corrected chi connectivity index (χ4v) is 1.82. The first kappa shape index (κ1) is 11.7. The van der Waals surface area contributed by atoms with E-state index in [-0.39, 0.29) is 10.6 Å². The van der Waals surface area contributed by atoms with Crippen molar-refractivity contribution < 1.29 is 0 Å². The van der Waals surface area contributed by atoms with Crippen LogP contribution >= 0.6 is 11.6 Å². The summed E-state index contributed by atoms with van der Waals surface area (Å²) in [5, 5.41) is 0.117. The van der Waals surface area contributed by atoms with Crippen molar-refractivity contribution >= 4 is 17.4 Å². The molecule has 1 N–H and O–H groups in total. The molecule has 0 saturated carbocycles. The Morgan fingerprint density at radius 3 is 2.76 bits per heavy atom. The topological polar surface area (TPSA) is 49.0 Å². The van der Waals surface area contributed by atoms with Crippen LogP contribution in [-0.4, -0.2) is 17.0 Å². The first-order chi connectivity index (χ1) is 8.18. The zero-order valence-corrected chi connectivity index (χ0v) is 10.1. The molecule has 0 aliphatic rings. The van der Waals surface area contributed by atoms with Gasteiger partial charge < -0.3 is 9.88 Å². The molecule has 0 amide bonds. The van der Waals surface area contributed by atoms with Crippen molar-refractivity contribution in [3.05, 3.63) is 57.6 Å². The van der Waals surface area contributed by atoms with Crippen molar-refractivity contribution in [1.29, 1.82) is 0 Å². The van der Waals surface area contributed by atoms with Crippen molar-refractivity contribution in [2.75, 3.05) is 11.9 Å². The van der Waals surface area contributed by atoms with Gasteiger partial charge in [0.05, 0.1) is 6.33 Å². The molecule has 0 unspecified atom stereocenters. The first-order valence-corrected chi connectivity index (χ1v) is 5.54. The van der Waals surface area contributed by atoms with Crippen molar-refractivity contribution in [1.82, 2.24) is 9.97 Å². The number of nitrogens with zero attached hydrogens (tertiary/aromatic N) is 2. The Morgan fingerprint density at radius 2 is 2.06 bits per heavy atom. The molecule has 0 fully saturated rings. The molecular formula is C12H12ClN3O. The highest BCUT2D eigenvalue weighted by Crippen LogP contribution is 2.18. The predicted octanol–water partition coefficient (Wildman–Crippen LogP) is 2.06. The van der Waals surface area contributed by atoms with Crippen molar-refractivity contribution in [2.24, 2.45) is 0 Å². The number of nitrogens with one attached hydrogen (secondary N) is 1. The Kier molecular flexibility index (Phi) is 3.44. The van der Waals surface area contributed by atoms with Crippen molar-refractivity contribution in [3.8, 4) is 0 Å². The van der Waals surface area contributed by atoms with Crippen LogP contribution in [0, 0.1) is 0 Å². The standard InChI is InChI=1S/C12H12ClN3O/c1-16(7-9-5-3-2-4-6-9)11-10(13)12(17)15-8-14-11/h2-6,8H,7H2,1H3,(H,14,15,17). The zero-order valence-electron chi connectivity index (χ0n) is 9.35. The van der Waals surface area contributed by atoms with E-state index in [1.165, 1.54) is 6.33 Å². The number of benzene rings is 1. The van der Waals surface area contributed by atoms with Gasteiger partial charge in [0.25, 0.3) is 5.56 Å². The molecule has 88 valence electrons. The Bertz CT molecular complexity index is 553. The molecule has 4 nitrogen and oxygen atoms in total. The van der Waals surface area contributed by atoms with E-state index in [0.29, 0.717) is 12.4 Å². The van der Waals surface area contributed by atoms with E-state index in [1.807, 2.05) is 42.3 Å². The van der Waals surface area contributed by atoms with Gasteiger partial charge in [0.2, 0.25) is 0 Å².